The zero-order valence-corrected chi connectivity index (χ0v) is 12.1. The fraction of sp³-hybridized carbons (Fsp3) is 0.235. The van der Waals surface area contributed by atoms with Gasteiger partial charge in [0.2, 0.25) is 0 Å². The van der Waals surface area contributed by atoms with Crippen LogP contribution in [0.1, 0.15) is 24.1 Å². The van der Waals surface area contributed by atoms with E-state index in [0.717, 1.165) is 11.1 Å². The van der Waals surface area contributed by atoms with Crippen LogP contribution >= 0.6 is 0 Å². The third-order valence-electron chi connectivity index (χ3n) is 3.10. The first-order valence-corrected chi connectivity index (χ1v) is 6.94. The lowest BCUT2D eigenvalue weighted by Crippen LogP contribution is -2.28. The zero-order valence-electron chi connectivity index (χ0n) is 12.1. The highest BCUT2D eigenvalue weighted by atomic mass is 16.5. The average Bonchev–Trinajstić information content (AvgIpc) is 2.52. The molecule has 0 heterocycles. The molecule has 0 unspecified atom stereocenters. The van der Waals surface area contributed by atoms with Crippen LogP contribution in [0.4, 0.5) is 0 Å². The standard InChI is InChI=1S/C17H20N2O2/c1-13(18)15-9-5-6-10-16(15)21-12-17(20)19-11-14-7-3-2-4-8-14/h2-10,13H,11-12,18H2,1H3,(H,19,20)/t13-/m0/s1. The molecule has 0 spiro atoms. The molecule has 0 aliphatic rings. The zero-order chi connectivity index (χ0) is 15.1. The number of nitrogens with one attached hydrogen (secondary N) is 1. The number of carbonyl (C=O) groups excluding carboxylic acids is 1. The molecule has 0 fully saturated rings. The van der Waals surface area contributed by atoms with Crippen LogP contribution in [0.15, 0.2) is 54.6 Å². The summed E-state index contributed by atoms with van der Waals surface area (Å²) in [5.41, 5.74) is 7.83. The molecule has 0 aliphatic heterocycles. The van der Waals surface area contributed by atoms with Crippen LogP contribution in [0.5, 0.6) is 5.75 Å². The molecule has 0 saturated heterocycles. The Bertz CT molecular complexity index is 582. The maximum Gasteiger partial charge on any atom is 0.258 e. The second kappa shape index (κ2) is 7.45. The molecule has 3 N–H and O–H groups in total. The van der Waals surface area contributed by atoms with Crippen molar-refractivity contribution in [1.29, 1.82) is 0 Å². The van der Waals surface area contributed by atoms with Gasteiger partial charge in [-0.15, -0.1) is 0 Å². The normalized spacial score (nSPS) is 11.7. The van der Waals surface area contributed by atoms with Gasteiger partial charge in [-0.2, -0.15) is 0 Å². The summed E-state index contributed by atoms with van der Waals surface area (Å²) in [5.74, 6) is 0.501. The highest BCUT2D eigenvalue weighted by molar-refractivity contribution is 5.77. The summed E-state index contributed by atoms with van der Waals surface area (Å²) in [6, 6.07) is 17.1. The van der Waals surface area contributed by atoms with Crippen LogP contribution in [0.25, 0.3) is 0 Å². The second-order valence-electron chi connectivity index (χ2n) is 4.88. The van der Waals surface area contributed by atoms with E-state index >= 15 is 0 Å². The third kappa shape index (κ3) is 4.61. The molecule has 0 bridgehead atoms. The molecular weight excluding hydrogens is 264 g/mol. The fourth-order valence-electron chi connectivity index (χ4n) is 1.98. The predicted molar refractivity (Wildman–Crippen MR) is 82.8 cm³/mol. The summed E-state index contributed by atoms with van der Waals surface area (Å²) in [6.07, 6.45) is 0. The number of benzene rings is 2. The van der Waals surface area contributed by atoms with Gasteiger partial charge in [0.15, 0.2) is 6.61 Å². The van der Waals surface area contributed by atoms with Crippen molar-refractivity contribution < 1.29 is 9.53 Å². The molecule has 0 aromatic heterocycles. The Morgan fingerprint density at radius 3 is 2.52 bits per heavy atom. The number of hydrogen-bond donors (Lipinski definition) is 2. The molecule has 21 heavy (non-hydrogen) atoms. The van der Waals surface area contributed by atoms with E-state index in [2.05, 4.69) is 5.32 Å². The molecule has 2 aromatic carbocycles. The monoisotopic (exact) mass is 284 g/mol. The number of amides is 1. The lowest BCUT2D eigenvalue weighted by Gasteiger charge is -2.13. The van der Waals surface area contributed by atoms with Crippen molar-refractivity contribution >= 4 is 5.91 Å². The molecule has 4 heteroatoms. The minimum atomic E-state index is -0.154. The van der Waals surface area contributed by atoms with Crippen molar-refractivity contribution in [2.45, 2.75) is 19.5 Å². The van der Waals surface area contributed by atoms with E-state index in [4.69, 9.17) is 10.5 Å². The third-order valence-corrected chi connectivity index (χ3v) is 3.10. The maximum absolute atomic E-state index is 11.8. The predicted octanol–water partition coefficient (Wildman–Crippen LogP) is 2.40. The number of rotatable bonds is 6. The van der Waals surface area contributed by atoms with Crippen molar-refractivity contribution in [3.8, 4) is 5.75 Å². The van der Waals surface area contributed by atoms with Crippen molar-refractivity contribution in [3.05, 3.63) is 65.7 Å². The van der Waals surface area contributed by atoms with E-state index in [1.165, 1.54) is 0 Å². The summed E-state index contributed by atoms with van der Waals surface area (Å²) >= 11 is 0. The molecule has 1 atom stereocenters. The summed E-state index contributed by atoms with van der Waals surface area (Å²) < 4.78 is 5.56. The Hall–Kier alpha value is -2.33. The van der Waals surface area contributed by atoms with E-state index in [1.54, 1.807) is 0 Å². The Balaban J connectivity index is 1.84. The number of nitrogens with two attached hydrogens (primary N) is 1. The summed E-state index contributed by atoms with van der Waals surface area (Å²) in [6.45, 7) is 2.37. The van der Waals surface area contributed by atoms with Gasteiger partial charge >= 0.3 is 0 Å². The Morgan fingerprint density at radius 2 is 1.81 bits per heavy atom. The fourth-order valence-corrected chi connectivity index (χ4v) is 1.98. The largest absolute Gasteiger partial charge is 0.483 e. The average molecular weight is 284 g/mol. The summed E-state index contributed by atoms with van der Waals surface area (Å²) in [7, 11) is 0. The van der Waals surface area contributed by atoms with E-state index in [9.17, 15) is 4.79 Å². The molecule has 2 rings (SSSR count). The Kier molecular flexibility index (Phi) is 5.35. The maximum atomic E-state index is 11.8. The quantitative estimate of drug-likeness (QED) is 0.856. The highest BCUT2D eigenvalue weighted by Gasteiger charge is 2.09. The van der Waals surface area contributed by atoms with Crippen LogP contribution in [0, 0.1) is 0 Å². The van der Waals surface area contributed by atoms with Gasteiger partial charge in [-0.1, -0.05) is 48.5 Å². The molecule has 2 aromatic rings. The lowest BCUT2D eigenvalue weighted by molar-refractivity contribution is -0.123. The van der Waals surface area contributed by atoms with Crippen molar-refractivity contribution in [3.63, 3.8) is 0 Å². The molecule has 110 valence electrons. The van der Waals surface area contributed by atoms with E-state index < -0.39 is 0 Å². The van der Waals surface area contributed by atoms with Crippen molar-refractivity contribution in [2.24, 2.45) is 5.73 Å². The second-order valence-corrected chi connectivity index (χ2v) is 4.88. The van der Waals surface area contributed by atoms with Crippen molar-refractivity contribution in [1.82, 2.24) is 5.32 Å². The number of carbonyl (C=O) groups is 1. The van der Waals surface area contributed by atoms with Crippen LogP contribution in [0.2, 0.25) is 0 Å². The summed E-state index contributed by atoms with van der Waals surface area (Å²) in [5, 5.41) is 2.82. The van der Waals surface area contributed by atoms with Gasteiger partial charge in [0, 0.05) is 18.2 Å². The highest BCUT2D eigenvalue weighted by Crippen LogP contribution is 2.22. The van der Waals surface area contributed by atoms with Crippen molar-refractivity contribution in [2.75, 3.05) is 6.61 Å². The van der Waals surface area contributed by atoms with Crippen LogP contribution in [-0.2, 0) is 11.3 Å². The van der Waals surface area contributed by atoms with Gasteiger partial charge < -0.3 is 15.8 Å². The molecule has 0 saturated carbocycles. The Labute approximate surface area is 124 Å². The van der Waals surface area contributed by atoms with E-state index in [0.29, 0.717) is 12.3 Å². The molecular formula is C17H20N2O2. The van der Waals surface area contributed by atoms with Crippen LogP contribution in [0.3, 0.4) is 0 Å². The first-order chi connectivity index (χ1) is 10.2. The Morgan fingerprint density at radius 1 is 1.14 bits per heavy atom. The number of hydrogen-bond acceptors (Lipinski definition) is 3. The molecule has 0 radical (unpaired) electrons. The molecule has 0 aliphatic carbocycles. The van der Waals surface area contributed by atoms with Gasteiger partial charge in [-0.3, -0.25) is 4.79 Å². The van der Waals surface area contributed by atoms with Gasteiger partial charge in [0.1, 0.15) is 5.75 Å². The van der Waals surface area contributed by atoms with E-state index in [-0.39, 0.29) is 18.6 Å². The van der Waals surface area contributed by atoms with Gasteiger partial charge in [0.05, 0.1) is 0 Å². The lowest BCUT2D eigenvalue weighted by atomic mass is 10.1. The minimum absolute atomic E-state index is 0.0173. The molecule has 1 amide bonds. The van der Waals surface area contributed by atoms with Crippen LogP contribution < -0.4 is 15.8 Å². The first kappa shape index (κ1) is 15.1. The van der Waals surface area contributed by atoms with E-state index in [1.807, 2.05) is 61.5 Å². The SMILES string of the molecule is C[C@H](N)c1ccccc1OCC(=O)NCc1ccccc1. The smallest absolute Gasteiger partial charge is 0.258 e. The minimum Gasteiger partial charge on any atom is -0.483 e. The molecule has 4 nitrogen and oxygen atoms in total. The number of ether oxygens (including phenoxy) is 1. The van der Waals surface area contributed by atoms with Gasteiger partial charge in [-0.05, 0) is 18.6 Å². The van der Waals surface area contributed by atoms with Gasteiger partial charge in [-0.25, -0.2) is 0 Å². The first-order valence-electron chi connectivity index (χ1n) is 6.94. The van der Waals surface area contributed by atoms with Crippen LogP contribution in [-0.4, -0.2) is 12.5 Å². The summed E-state index contributed by atoms with van der Waals surface area (Å²) in [4.78, 5) is 11.8. The van der Waals surface area contributed by atoms with Gasteiger partial charge in [0.25, 0.3) is 5.91 Å². The topological polar surface area (TPSA) is 64.3 Å². The number of para-hydroxylation sites is 1.